The van der Waals surface area contributed by atoms with Crippen molar-refractivity contribution in [1.29, 1.82) is 0 Å². The number of hydrogen-bond acceptors (Lipinski definition) is 3. The molecular formula is C12H13BrN2S. The number of nitrogens with two attached hydrogens (primary N) is 1. The van der Waals surface area contributed by atoms with Crippen LogP contribution in [0.15, 0.2) is 22.7 Å². The van der Waals surface area contributed by atoms with Crippen molar-refractivity contribution in [3.05, 3.63) is 27.7 Å². The van der Waals surface area contributed by atoms with E-state index in [1.807, 2.05) is 0 Å². The predicted molar refractivity (Wildman–Crippen MR) is 71.6 cm³/mol. The Morgan fingerprint density at radius 2 is 2.25 bits per heavy atom. The summed E-state index contributed by atoms with van der Waals surface area (Å²) in [7, 11) is 0. The number of rotatable bonds is 2. The smallest absolute Gasteiger partial charge is 0.114 e. The molecule has 1 saturated carbocycles. The third kappa shape index (κ3) is 1.69. The van der Waals surface area contributed by atoms with E-state index in [4.69, 9.17) is 5.73 Å². The summed E-state index contributed by atoms with van der Waals surface area (Å²) < 4.78 is 2.29. The molecule has 1 heterocycles. The lowest BCUT2D eigenvalue weighted by atomic mass is 9.99. The maximum Gasteiger partial charge on any atom is 0.114 e. The second-order valence-electron chi connectivity index (χ2n) is 4.69. The molecule has 2 aromatic rings. The predicted octanol–water partition coefficient (Wildman–Crippen LogP) is 3.64. The molecule has 1 unspecified atom stereocenters. The van der Waals surface area contributed by atoms with E-state index in [1.165, 1.54) is 17.5 Å². The fraction of sp³-hybridized carbons (Fsp3) is 0.417. The largest absolute Gasteiger partial charge is 0.319 e. The van der Waals surface area contributed by atoms with Gasteiger partial charge in [-0.05, 0) is 43.9 Å². The number of hydrogen-bond donors (Lipinski definition) is 1. The van der Waals surface area contributed by atoms with Gasteiger partial charge in [0.15, 0.2) is 0 Å². The summed E-state index contributed by atoms with van der Waals surface area (Å²) in [6, 6.07) is 6.21. The van der Waals surface area contributed by atoms with Crippen LogP contribution in [0.3, 0.4) is 0 Å². The lowest BCUT2D eigenvalue weighted by molar-refractivity contribution is 0.426. The minimum absolute atomic E-state index is 0.240. The Morgan fingerprint density at radius 1 is 1.50 bits per heavy atom. The quantitative estimate of drug-likeness (QED) is 0.919. The van der Waals surface area contributed by atoms with Crippen molar-refractivity contribution in [3.63, 3.8) is 0 Å². The molecule has 3 rings (SSSR count). The van der Waals surface area contributed by atoms with Crippen LogP contribution in [-0.4, -0.2) is 4.98 Å². The second kappa shape index (κ2) is 3.52. The van der Waals surface area contributed by atoms with Crippen LogP contribution in [0.2, 0.25) is 0 Å². The Balaban J connectivity index is 2.11. The van der Waals surface area contributed by atoms with Gasteiger partial charge in [-0.25, -0.2) is 4.98 Å². The van der Waals surface area contributed by atoms with Crippen molar-refractivity contribution in [2.45, 2.75) is 25.3 Å². The van der Waals surface area contributed by atoms with Crippen LogP contribution >= 0.6 is 27.3 Å². The first-order valence-electron chi connectivity index (χ1n) is 5.43. The van der Waals surface area contributed by atoms with Gasteiger partial charge < -0.3 is 5.73 Å². The fourth-order valence-corrected chi connectivity index (χ4v) is 3.42. The van der Waals surface area contributed by atoms with Crippen molar-refractivity contribution < 1.29 is 0 Å². The highest BCUT2D eigenvalue weighted by Crippen LogP contribution is 2.45. The molecule has 84 valence electrons. The highest BCUT2D eigenvalue weighted by atomic mass is 79.9. The van der Waals surface area contributed by atoms with Crippen molar-refractivity contribution >= 4 is 37.5 Å². The van der Waals surface area contributed by atoms with Gasteiger partial charge in [0.1, 0.15) is 5.01 Å². The summed E-state index contributed by atoms with van der Waals surface area (Å²) in [4.78, 5) is 4.67. The maximum absolute atomic E-state index is 6.38. The zero-order chi connectivity index (χ0) is 11.3. The highest BCUT2D eigenvalue weighted by molar-refractivity contribution is 9.10. The summed E-state index contributed by atoms with van der Waals surface area (Å²) in [5.41, 5.74) is 7.19. The minimum atomic E-state index is -0.240. The van der Waals surface area contributed by atoms with Crippen LogP contribution in [0.4, 0.5) is 0 Å². The average Bonchev–Trinajstić information content (AvgIpc) is 2.99. The summed E-state index contributed by atoms with van der Waals surface area (Å²) in [6.07, 6.45) is 2.49. The molecular weight excluding hydrogens is 284 g/mol. The maximum atomic E-state index is 6.38. The highest BCUT2D eigenvalue weighted by Gasteiger charge is 2.41. The summed E-state index contributed by atoms with van der Waals surface area (Å²) in [6.45, 7) is 2.11. The van der Waals surface area contributed by atoms with Crippen LogP contribution < -0.4 is 5.73 Å². The van der Waals surface area contributed by atoms with Gasteiger partial charge in [0.05, 0.1) is 15.8 Å². The lowest BCUT2D eigenvalue weighted by Gasteiger charge is -2.20. The molecule has 0 radical (unpaired) electrons. The molecule has 0 spiro atoms. The summed E-state index contributed by atoms with van der Waals surface area (Å²) in [5, 5.41) is 1.07. The number of fused-ring (bicyclic) bond motifs is 1. The van der Waals surface area contributed by atoms with Crippen molar-refractivity contribution in [2.24, 2.45) is 11.7 Å². The van der Waals surface area contributed by atoms with E-state index in [2.05, 4.69) is 46.0 Å². The van der Waals surface area contributed by atoms with Crippen LogP contribution in [0.1, 0.15) is 24.8 Å². The van der Waals surface area contributed by atoms with Crippen LogP contribution in [0.5, 0.6) is 0 Å². The Bertz CT molecular complexity index is 543. The molecule has 1 atom stereocenters. The molecule has 1 aliphatic carbocycles. The summed E-state index contributed by atoms with van der Waals surface area (Å²) >= 11 is 5.19. The molecule has 16 heavy (non-hydrogen) atoms. The van der Waals surface area contributed by atoms with Crippen LogP contribution in [-0.2, 0) is 5.54 Å². The van der Waals surface area contributed by atoms with Gasteiger partial charge in [0, 0.05) is 4.47 Å². The van der Waals surface area contributed by atoms with E-state index >= 15 is 0 Å². The molecule has 2 N–H and O–H groups in total. The molecule has 1 aromatic carbocycles. The monoisotopic (exact) mass is 296 g/mol. The number of benzene rings is 1. The van der Waals surface area contributed by atoms with E-state index in [1.54, 1.807) is 11.3 Å². The Hall–Kier alpha value is -0.450. The normalized spacial score (nSPS) is 19.9. The van der Waals surface area contributed by atoms with Crippen LogP contribution in [0.25, 0.3) is 10.2 Å². The van der Waals surface area contributed by atoms with Gasteiger partial charge in [-0.1, -0.05) is 15.9 Å². The SMILES string of the molecule is CC(N)(c1nc2cc(Br)ccc2s1)C1CC1. The first-order valence-corrected chi connectivity index (χ1v) is 7.04. The molecule has 4 heteroatoms. The first-order chi connectivity index (χ1) is 7.57. The number of thiazole rings is 1. The van der Waals surface area contributed by atoms with Gasteiger partial charge in [0.25, 0.3) is 0 Å². The molecule has 1 aromatic heterocycles. The van der Waals surface area contributed by atoms with Gasteiger partial charge in [-0.2, -0.15) is 0 Å². The number of nitrogens with zero attached hydrogens (tertiary/aromatic N) is 1. The zero-order valence-corrected chi connectivity index (χ0v) is 11.4. The number of aromatic nitrogens is 1. The van der Waals surface area contributed by atoms with Gasteiger partial charge in [-0.15, -0.1) is 11.3 Å². The molecule has 0 saturated heterocycles. The van der Waals surface area contributed by atoms with Crippen LogP contribution in [0, 0.1) is 5.92 Å². The van der Waals surface area contributed by atoms with E-state index in [-0.39, 0.29) is 5.54 Å². The van der Waals surface area contributed by atoms with E-state index < -0.39 is 0 Å². The van der Waals surface area contributed by atoms with Gasteiger partial charge in [-0.3, -0.25) is 0 Å². The molecule has 1 fully saturated rings. The fourth-order valence-electron chi connectivity index (χ4n) is 1.99. The van der Waals surface area contributed by atoms with Gasteiger partial charge in [0.2, 0.25) is 0 Å². The standard InChI is InChI=1S/C12H13BrN2S/c1-12(14,7-2-3-7)11-15-9-6-8(13)4-5-10(9)16-11/h4-7H,2-3,14H2,1H3. The third-order valence-electron chi connectivity index (χ3n) is 3.24. The van der Waals surface area contributed by atoms with E-state index in [0.717, 1.165) is 15.0 Å². The molecule has 0 amide bonds. The Kier molecular flexibility index (Phi) is 2.35. The molecule has 0 bridgehead atoms. The zero-order valence-electron chi connectivity index (χ0n) is 9.03. The molecule has 1 aliphatic rings. The Morgan fingerprint density at radius 3 is 2.94 bits per heavy atom. The van der Waals surface area contributed by atoms with Gasteiger partial charge >= 0.3 is 0 Å². The summed E-state index contributed by atoms with van der Waals surface area (Å²) in [5.74, 6) is 0.622. The topological polar surface area (TPSA) is 38.9 Å². The minimum Gasteiger partial charge on any atom is -0.319 e. The molecule has 0 aliphatic heterocycles. The third-order valence-corrected chi connectivity index (χ3v) is 5.02. The van der Waals surface area contributed by atoms with Crippen molar-refractivity contribution in [3.8, 4) is 0 Å². The van der Waals surface area contributed by atoms with E-state index in [9.17, 15) is 0 Å². The van der Waals surface area contributed by atoms with Crippen molar-refractivity contribution in [1.82, 2.24) is 4.98 Å². The molecule has 2 nitrogen and oxygen atoms in total. The first kappa shape index (κ1) is 10.7. The average molecular weight is 297 g/mol. The van der Waals surface area contributed by atoms with Crippen molar-refractivity contribution in [2.75, 3.05) is 0 Å². The second-order valence-corrected chi connectivity index (χ2v) is 6.63. The number of halogens is 1. The lowest BCUT2D eigenvalue weighted by Crippen LogP contribution is -2.35. The Labute approximate surface area is 107 Å². The van der Waals surface area contributed by atoms with E-state index in [0.29, 0.717) is 5.92 Å².